The van der Waals surface area contributed by atoms with Crippen LogP contribution in [0.2, 0.25) is 0 Å². The zero-order valence-corrected chi connectivity index (χ0v) is 12.0. The molecule has 0 saturated carbocycles. The summed E-state index contributed by atoms with van der Waals surface area (Å²) >= 11 is 2.02. The highest BCUT2D eigenvalue weighted by Crippen LogP contribution is 2.22. The van der Waals surface area contributed by atoms with E-state index in [0.29, 0.717) is 6.04 Å². The van der Waals surface area contributed by atoms with Crippen molar-refractivity contribution in [1.29, 1.82) is 0 Å². The van der Waals surface area contributed by atoms with Crippen molar-refractivity contribution in [2.24, 2.45) is 5.73 Å². The fraction of sp³-hybridized carbons (Fsp3) is 0.692. The molecular weight excluding hydrogens is 258 g/mol. The van der Waals surface area contributed by atoms with Crippen molar-refractivity contribution in [3.8, 4) is 0 Å². The van der Waals surface area contributed by atoms with Gasteiger partial charge in [0.15, 0.2) is 0 Å². The summed E-state index contributed by atoms with van der Waals surface area (Å²) in [7, 11) is 0. The number of hydrogen-bond acceptors (Lipinski definition) is 6. The van der Waals surface area contributed by atoms with Gasteiger partial charge in [0.2, 0.25) is 0 Å². The smallest absolute Gasteiger partial charge is 0.134 e. The molecule has 2 N–H and O–H groups in total. The quantitative estimate of drug-likeness (QED) is 0.870. The van der Waals surface area contributed by atoms with Crippen LogP contribution in [0.25, 0.3) is 0 Å². The maximum absolute atomic E-state index is 5.95. The molecule has 19 heavy (non-hydrogen) atoms. The summed E-state index contributed by atoms with van der Waals surface area (Å²) in [6, 6.07) is 2.49. The minimum absolute atomic E-state index is 0.358. The number of nitrogens with zero attached hydrogens (tertiary/aromatic N) is 4. The number of anilines is 2. The number of nitrogens with two attached hydrogens (primary N) is 1. The van der Waals surface area contributed by atoms with Crippen LogP contribution < -0.4 is 15.5 Å². The number of thioether (sulfide) groups is 1. The number of aromatic nitrogens is 2. The molecule has 0 amide bonds. The Balaban J connectivity index is 1.72. The lowest BCUT2D eigenvalue weighted by atomic mass is 10.1. The second kappa shape index (κ2) is 5.96. The minimum Gasteiger partial charge on any atom is -0.356 e. The van der Waals surface area contributed by atoms with Gasteiger partial charge in [-0.2, -0.15) is 11.8 Å². The molecule has 1 aromatic rings. The van der Waals surface area contributed by atoms with E-state index < -0.39 is 0 Å². The third-order valence-electron chi connectivity index (χ3n) is 3.84. The first-order valence-electron chi connectivity index (χ1n) is 6.98. The topological polar surface area (TPSA) is 58.3 Å². The van der Waals surface area contributed by atoms with Gasteiger partial charge >= 0.3 is 0 Å². The van der Waals surface area contributed by atoms with Crippen molar-refractivity contribution in [2.45, 2.75) is 18.9 Å². The highest BCUT2D eigenvalue weighted by molar-refractivity contribution is 7.99. The van der Waals surface area contributed by atoms with E-state index in [2.05, 4.69) is 25.8 Å². The van der Waals surface area contributed by atoms with Crippen molar-refractivity contribution in [1.82, 2.24) is 9.97 Å². The molecule has 104 valence electrons. The van der Waals surface area contributed by atoms with Gasteiger partial charge in [-0.15, -0.1) is 0 Å². The minimum atomic E-state index is 0.358. The number of piperidine rings is 1. The van der Waals surface area contributed by atoms with E-state index in [1.165, 1.54) is 11.5 Å². The molecule has 5 nitrogen and oxygen atoms in total. The Labute approximate surface area is 118 Å². The fourth-order valence-electron chi connectivity index (χ4n) is 2.60. The van der Waals surface area contributed by atoms with Crippen LogP contribution in [0.1, 0.15) is 12.8 Å². The SMILES string of the molecule is NC1CCN(c2cc(N3CCSCC3)ncn2)CC1. The molecule has 2 saturated heterocycles. The first-order chi connectivity index (χ1) is 9.33. The van der Waals surface area contributed by atoms with E-state index in [1.54, 1.807) is 6.33 Å². The molecule has 2 aliphatic heterocycles. The van der Waals surface area contributed by atoms with Gasteiger partial charge in [0, 0.05) is 49.8 Å². The van der Waals surface area contributed by atoms with Crippen LogP contribution in [0.3, 0.4) is 0 Å². The predicted molar refractivity (Wildman–Crippen MR) is 81.0 cm³/mol. The highest BCUT2D eigenvalue weighted by Gasteiger charge is 2.19. The molecule has 0 bridgehead atoms. The van der Waals surface area contributed by atoms with Crippen molar-refractivity contribution < 1.29 is 0 Å². The van der Waals surface area contributed by atoms with Crippen molar-refractivity contribution in [3.05, 3.63) is 12.4 Å². The third-order valence-corrected chi connectivity index (χ3v) is 4.78. The van der Waals surface area contributed by atoms with Gasteiger partial charge in [-0.3, -0.25) is 0 Å². The zero-order valence-electron chi connectivity index (χ0n) is 11.2. The molecule has 2 aliphatic rings. The molecule has 0 aromatic carbocycles. The molecular formula is C13H21N5S. The average Bonchev–Trinajstić information content (AvgIpc) is 2.49. The second-order valence-electron chi connectivity index (χ2n) is 5.16. The summed E-state index contributed by atoms with van der Waals surface area (Å²) in [5.41, 5.74) is 5.95. The molecule has 1 aromatic heterocycles. The molecule has 3 heterocycles. The normalized spacial score (nSPS) is 21.7. The molecule has 0 spiro atoms. The molecule has 6 heteroatoms. The summed E-state index contributed by atoms with van der Waals surface area (Å²) < 4.78 is 0. The second-order valence-corrected chi connectivity index (χ2v) is 6.38. The maximum atomic E-state index is 5.95. The van der Waals surface area contributed by atoms with E-state index in [0.717, 1.165) is 50.7 Å². The summed E-state index contributed by atoms with van der Waals surface area (Å²) in [4.78, 5) is 13.5. The molecule has 0 unspecified atom stereocenters. The zero-order chi connectivity index (χ0) is 13.1. The molecule has 0 radical (unpaired) electrons. The van der Waals surface area contributed by atoms with E-state index in [9.17, 15) is 0 Å². The molecule has 2 fully saturated rings. The van der Waals surface area contributed by atoms with Crippen molar-refractivity contribution in [3.63, 3.8) is 0 Å². The Morgan fingerprint density at radius 1 is 1.00 bits per heavy atom. The fourth-order valence-corrected chi connectivity index (χ4v) is 3.51. The molecule has 0 atom stereocenters. The third kappa shape index (κ3) is 3.12. The van der Waals surface area contributed by atoms with Crippen molar-refractivity contribution >= 4 is 23.4 Å². The lowest BCUT2D eigenvalue weighted by Gasteiger charge is -2.32. The van der Waals surface area contributed by atoms with E-state index in [1.807, 2.05) is 11.8 Å². The first kappa shape index (κ1) is 13.0. The lowest BCUT2D eigenvalue weighted by molar-refractivity contribution is 0.498. The van der Waals surface area contributed by atoms with E-state index >= 15 is 0 Å². The van der Waals surface area contributed by atoms with Gasteiger partial charge in [-0.1, -0.05) is 0 Å². The van der Waals surface area contributed by atoms with Gasteiger partial charge in [-0.25, -0.2) is 9.97 Å². The van der Waals surface area contributed by atoms with Crippen LogP contribution in [-0.4, -0.2) is 53.7 Å². The van der Waals surface area contributed by atoms with E-state index in [4.69, 9.17) is 5.73 Å². The first-order valence-corrected chi connectivity index (χ1v) is 8.13. The van der Waals surface area contributed by atoms with Gasteiger partial charge in [0.1, 0.15) is 18.0 Å². The number of rotatable bonds is 2. The van der Waals surface area contributed by atoms with Crippen LogP contribution in [-0.2, 0) is 0 Å². The van der Waals surface area contributed by atoms with Crippen LogP contribution in [0.4, 0.5) is 11.6 Å². The average molecular weight is 279 g/mol. The molecule has 3 rings (SSSR count). The van der Waals surface area contributed by atoms with E-state index in [-0.39, 0.29) is 0 Å². The predicted octanol–water partition coefficient (Wildman–Crippen LogP) is 0.957. The van der Waals surface area contributed by atoms with Gasteiger partial charge in [0.25, 0.3) is 0 Å². The number of hydrogen-bond donors (Lipinski definition) is 1. The Morgan fingerprint density at radius 2 is 1.58 bits per heavy atom. The van der Waals surface area contributed by atoms with Crippen molar-refractivity contribution in [2.75, 3.05) is 47.5 Å². The lowest BCUT2D eigenvalue weighted by Crippen LogP contribution is -2.40. The summed E-state index contributed by atoms with van der Waals surface area (Å²) in [5, 5.41) is 0. The van der Waals surface area contributed by atoms with Crippen LogP contribution >= 0.6 is 11.8 Å². The summed E-state index contributed by atoms with van der Waals surface area (Å²) in [5.74, 6) is 4.51. The van der Waals surface area contributed by atoms with Crippen LogP contribution in [0.5, 0.6) is 0 Å². The monoisotopic (exact) mass is 279 g/mol. The Kier molecular flexibility index (Phi) is 4.08. The Morgan fingerprint density at radius 3 is 2.21 bits per heavy atom. The Hall–Kier alpha value is -1.01. The maximum Gasteiger partial charge on any atom is 0.134 e. The highest BCUT2D eigenvalue weighted by atomic mass is 32.2. The van der Waals surface area contributed by atoms with Gasteiger partial charge in [-0.05, 0) is 12.8 Å². The Bertz CT molecular complexity index is 413. The largest absolute Gasteiger partial charge is 0.356 e. The summed E-state index contributed by atoms with van der Waals surface area (Å²) in [6.07, 6.45) is 3.81. The summed E-state index contributed by atoms with van der Waals surface area (Å²) in [6.45, 7) is 4.19. The van der Waals surface area contributed by atoms with Crippen LogP contribution in [0, 0.1) is 0 Å². The van der Waals surface area contributed by atoms with Crippen LogP contribution in [0.15, 0.2) is 12.4 Å². The molecule has 0 aliphatic carbocycles. The standard InChI is InChI=1S/C13H21N5S/c14-11-1-3-17(4-2-11)12-9-13(16-10-15-12)18-5-7-19-8-6-18/h9-11H,1-8,14H2. The van der Waals surface area contributed by atoms with Gasteiger partial charge in [0.05, 0.1) is 0 Å². The van der Waals surface area contributed by atoms with Gasteiger partial charge < -0.3 is 15.5 Å².